The Hall–Kier alpha value is -1.32. The maximum absolute atomic E-state index is 5.51. The maximum atomic E-state index is 5.51. The molecule has 3 heteroatoms. The molecule has 0 N–H and O–H groups in total. The molecule has 0 unspecified atom stereocenters. The zero-order chi connectivity index (χ0) is 14.1. The van der Waals surface area contributed by atoms with Crippen molar-refractivity contribution in [3.05, 3.63) is 62.9 Å². The summed E-state index contributed by atoms with van der Waals surface area (Å²) in [5.41, 5.74) is 2.42. The molecular formula is C17H15BrOS. The number of rotatable bonds is 3. The molecule has 102 valence electrons. The average molecular weight is 347 g/mol. The summed E-state index contributed by atoms with van der Waals surface area (Å²) in [5.74, 6) is 0.961. The molecule has 0 aliphatic rings. The molecule has 0 aliphatic carbocycles. The predicted octanol–water partition coefficient (Wildman–Crippen LogP) is 5.57. The molecule has 1 heterocycles. The van der Waals surface area contributed by atoms with E-state index in [1.807, 2.05) is 11.3 Å². The largest absolute Gasteiger partial charge is 0.496 e. The van der Waals surface area contributed by atoms with Crippen molar-refractivity contribution in [1.82, 2.24) is 0 Å². The Labute approximate surface area is 131 Å². The van der Waals surface area contributed by atoms with Crippen molar-refractivity contribution >= 4 is 37.4 Å². The Kier molecular flexibility index (Phi) is 3.81. The van der Waals surface area contributed by atoms with Gasteiger partial charge in [-0.25, -0.2) is 0 Å². The molecule has 2 aromatic carbocycles. The smallest absolute Gasteiger partial charge is 0.122 e. The number of benzene rings is 2. The van der Waals surface area contributed by atoms with Crippen molar-refractivity contribution in [1.29, 1.82) is 0 Å². The first kappa shape index (κ1) is 13.7. The van der Waals surface area contributed by atoms with Crippen molar-refractivity contribution in [3.63, 3.8) is 0 Å². The van der Waals surface area contributed by atoms with Gasteiger partial charge in [0.1, 0.15) is 5.75 Å². The summed E-state index contributed by atoms with van der Waals surface area (Å²) in [6.45, 7) is 2.08. The van der Waals surface area contributed by atoms with Crippen LogP contribution in [0.2, 0.25) is 0 Å². The quantitative estimate of drug-likeness (QED) is 0.602. The van der Waals surface area contributed by atoms with E-state index in [4.69, 9.17) is 4.74 Å². The van der Waals surface area contributed by atoms with E-state index in [9.17, 15) is 0 Å². The Morgan fingerprint density at radius 1 is 1.15 bits per heavy atom. The summed E-state index contributed by atoms with van der Waals surface area (Å²) in [4.78, 5) is 1.36. The zero-order valence-corrected chi connectivity index (χ0v) is 13.8. The highest BCUT2D eigenvalue weighted by Crippen LogP contribution is 2.32. The Balaban J connectivity index is 1.99. The summed E-state index contributed by atoms with van der Waals surface area (Å²) in [7, 11) is 1.73. The molecule has 3 aromatic rings. The highest BCUT2D eigenvalue weighted by atomic mass is 79.9. The van der Waals surface area contributed by atoms with E-state index in [0.29, 0.717) is 0 Å². The van der Waals surface area contributed by atoms with Gasteiger partial charge in [-0.05, 0) is 42.1 Å². The lowest BCUT2D eigenvalue weighted by molar-refractivity contribution is 0.410. The number of halogens is 1. The summed E-state index contributed by atoms with van der Waals surface area (Å²) >= 11 is 5.46. The molecule has 0 amide bonds. The first-order chi connectivity index (χ1) is 9.67. The van der Waals surface area contributed by atoms with Crippen molar-refractivity contribution in [2.75, 3.05) is 7.11 Å². The van der Waals surface area contributed by atoms with Gasteiger partial charge >= 0.3 is 0 Å². The number of hydrogen-bond donors (Lipinski definition) is 0. The number of fused-ring (bicyclic) bond motifs is 1. The van der Waals surface area contributed by atoms with E-state index >= 15 is 0 Å². The standard InChI is InChI=1S/C17H15BrOS/c1-11-7-16(19-2)13(10-15(11)18)9-14-8-12-5-3-4-6-17(12)20-14/h3-8,10H,9H2,1-2H3. The molecule has 1 nitrogen and oxygen atoms in total. The fraction of sp³-hybridized carbons (Fsp3) is 0.176. The zero-order valence-electron chi connectivity index (χ0n) is 11.4. The second-order valence-corrected chi connectivity index (χ2v) is 6.86. The van der Waals surface area contributed by atoms with Crippen molar-refractivity contribution in [2.24, 2.45) is 0 Å². The van der Waals surface area contributed by atoms with E-state index in [-0.39, 0.29) is 0 Å². The number of thiophene rings is 1. The van der Waals surface area contributed by atoms with E-state index < -0.39 is 0 Å². The van der Waals surface area contributed by atoms with Crippen LogP contribution >= 0.6 is 27.3 Å². The molecule has 0 spiro atoms. The lowest BCUT2D eigenvalue weighted by Crippen LogP contribution is -1.94. The highest BCUT2D eigenvalue weighted by molar-refractivity contribution is 9.10. The topological polar surface area (TPSA) is 9.23 Å². The van der Waals surface area contributed by atoms with Crippen LogP contribution in [-0.4, -0.2) is 7.11 Å². The van der Waals surface area contributed by atoms with Gasteiger partial charge in [0, 0.05) is 26.0 Å². The van der Waals surface area contributed by atoms with Gasteiger partial charge in [0.15, 0.2) is 0 Å². The molecule has 3 rings (SSSR count). The lowest BCUT2D eigenvalue weighted by atomic mass is 10.1. The van der Waals surface area contributed by atoms with Crippen LogP contribution in [0.15, 0.2) is 46.9 Å². The normalized spacial score (nSPS) is 10.9. The molecule has 0 radical (unpaired) electrons. The third kappa shape index (κ3) is 2.60. The van der Waals surface area contributed by atoms with E-state index in [1.165, 1.54) is 26.1 Å². The summed E-state index contributed by atoms with van der Waals surface area (Å²) < 4.78 is 7.99. The van der Waals surface area contributed by atoms with Gasteiger partial charge in [0.05, 0.1) is 7.11 Å². The van der Waals surface area contributed by atoms with Crippen molar-refractivity contribution in [3.8, 4) is 5.75 Å². The van der Waals surface area contributed by atoms with Crippen LogP contribution in [-0.2, 0) is 6.42 Å². The van der Waals surface area contributed by atoms with Crippen LogP contribution in [0.5, 0.6) is 5.75 Å². The maximum Gasteiger partial charge on any atom is 0.122 e. The summed E-state index contributed by atoms with van der Waals surface area (Å²) in [6, 6.07) is 15.0. The average Bonchev–Trinajstić information content (AvgIpc) is 2.84. The van der Waals surface area contributed by atoms with Crippen LogP contribution in [0.1, 0.15) is 16.0 Å². The second-order valence-electron chi connectivity index (χ2n) is 4.84. The van der Waals surface area contributed by atoms with Crippen LogP contribution in [0.25, 0.3) is 10.1 Å². The third-order valence-electron chi connectivity index (χ3n) is 3.40. The monoisotopic (exact) mass is 346 g/mol. The molecule has 0 saturated carbocycles. The Bertz CT molecular complexity index is 728. The fourth-order valence-corrected chi connectivity index (χ4v) is 3.81. The first-order valence-corrected chi connectivity index (χ1v) is 8.09. The van der Waals surface area contributed by atoms with Gasteiger partial charge in [0.25, 0.3) is 0 Å². The molecule has 0 fully saturated rings. The highest BCUT2D eigenvalue weighted by Gasteiger charge is 2.09. The first-order valence-electron chi connectivity index (χ1n) is 6.48. The van der Waals surface area contributed by atoms with Crippen LogP contribution in [0.4, 0.5) is 0 Å². The minimum atomic E-state index is 0.904. The van der Waals surface area contributed by atoms with Gasteiger partial charge < -0.3 is 4.74 Å². The number of methoxy groups -OCH3 is 1. The fourth-order valence-electron chi connectivity index (χ4n) is 2.34. The van der Waals surface area contributed by atoms with Gasteiger partial charge in [-0.3, -0.25) is 0 Å². The van der Waals surface area contributed by atoms with Gasteiger partial charge in [-0.1, -0.05) is 34.1 Å². The number of aryl methyl sites for hydroxylation is 1. The SMILES string of the molecule is COc1cc(C)c(Br)cc1Cc1cc2ccccc2s1. The van der Waals surface area contributed by atoms with E-state index in [0.717, 1.165) is 16.6 Å². The van der Waals surface area contributed by atoms with Crippen LogP contribution in [0, 0.1) is 6.92 Å². The van der Waals surface area contributed by atoms with Crippen molar-refractivity contribution < 1.29 is 4.74 Å². The molecule has 0 bridgehead atoms. The molecule has 0 aliphatic heterocycles. The predicted molar refractivity (Wildman–Crippen MR) is 90.1 cm³/mol. The van der Waals surface area contributed by atoms with Gasteiger partial charge in [0.2, 0.25) is 0 Å². The van der Waals surface area contributed by atoms with Crippen molar-refractivity contribution in [2.45, 2.75) is 13.3 Å². The van der Waals surface area contributed by atoms with Crippen LogP contribution < -0.4 is 4.74 Å². The minimum Gasteiger partial charge on any atom is -0.496 e. The van der Waals surface area contributed by atoms with E-state index in [2.05, 4.69) is 65.3 Å². The molecule has 1 aromatic heterocycles. The lowest BCUT2D eigenvalue weighted by Gasteiger charge is -2.10. The van der Waals surface area contributed by atoms with Gasteiger partial charge in [-0.2, -0.15) is 0 Å². The van der Waals surface area contributed by atoms with Crippen LogP contribution in [0.3, 0.4) is 0 Å². The van der Waals surface area contributed by atoms with E-state index in [1.54, 1.807) is 7.11 Å². The Morgan fingerprint density at radius 3 is 2.70 bits per heavy atom. The molecule has 0 atom stereocenters. The second kappa shape index (κ2) is 5.58. The molecule has 20 heavy (non-hydrogen) atoms. The summed E-state index contributed by atoms with van der Waals surface area (Å²) in [5, 5.41) is 1.32. The van der Waals surface area contributed by atoms with Gasteiger partial charge in [-0.15, -0.1) is 11.3 Å². The third-order valence-corrected chi connectivity index (χ3v) is 5.37. The molecule has 0 saturated heterocycles. The summed E-state index contributed by atoms with van der Waals surface area (Å²) in [6.07, 6.45) is 0.904. The minimum absolute atomic E-state index is 0.904. The Morgan fingerprint density at radius 2 is 1.95 bits per heavy atom. The number of hydrogen-bond acceptors (Lipinski definition) is 2. The number of ether oxygens (including phenoxy) is 1. The molecular weight excluding hydrogens is 332 g/mol.